The highest BCUT2D eigenvalue weighted by atomic mass is 32.2. The van der Waals surface area contributed by atoms with Crippen LogP contribution >= 0.6 is 11.8 Å². The van der Waals surface area contributed by atoms with Crippen molar-refractivity contribution in [1.82, 2.24) is 15.2 Å². The Hall–Kier alpha value is -1.90. The summed E-state index contributed by atoms with van der Waals surface area (Å²) in [5, 5.41) is 12.5. The smallest absolute Gasteiger partial charge is 0.352 e. The number of β-lactam (4-membered cyclic amide) rings is 1. The summed E-state index contributed by atoms with van der Waals surface area (Å²) in [5.74, 6) is -0.779. The van der Waals surface area contributed by atoms with Crippen LogP contribution in [0.5, 0.6) is 0 Å². The number of nitrogens with zero attached hydrogens (tertiary/aromatic N) is 2. The normalized spacial score (nSPS) is 29.4. The molecule has 1 aromatic rings. The fourth-order valence-electron chi connectivity index (χ4n) is 3.20. The van der Waals surface area contributed by atoms with E-state index in [0.717, 1.165) is 4.90 Å². The maximum atomic E-state index is 12.1. The van der Waals surface area contributed by atoms with Crippen LogP contribution < -0.4 is 5.32 Å². The van der Waals surface area contributed by atoms with E-state index in [0.29, 0.717) is 11.3 Å². The molecule has 4 heterocycles. The molecular formula is C14H13N3O4S. The Morgan fingerprint density at radius 1 is 1.50 bits per heavy atom. The predicted octanol–water partition coefficient (Wildman–Crippen LogP) is 0.0513. The van der Waals surface area contributed by atoms with Gasteiger partial charge in [-0.05, 0) is 12.1 Å². The van der Waals surface area contributed by atoms with Crippen molar-refractivity contribution in [3.63, 3.8) is 0 Å². The highest BCUT2D eigenvalue weighted by Crippen LogP contribution is 2.43. The Balaban J connectivity index is 1.63. The molecule has 7 nitrogen and oxygen atoms in total. The van der Waals surface area contributed by atoms with E-state index in [-0.39, 0.29) is 36.5 Å². The van der Waals surface area contributed by atoms with Crippen molar-refractivity contribution in [3.05, 3.63) is 35.8 Å². The standard InChI is InChI=1S/C14H13N3O4S/c18-13-9-11-12(21-6-16-9)8(10(14(19)20)17(11)13)5-22-7-1-3-15-4-2-7/h1-4,9,11-12,16H,5-6H2,(H,19,20)/t9-,11-,12?/m0/s1. The van der Waals surface area contributed by atoms with E-state index in [4.69, 9.17) is 4.74 Å². The number of hydrogen-bond acceptors (Lipinski definition) is 6. The zero-order valence-corrected chi connectivity index (χ0v) is 12.2. The third-order valence-corrected chi connectivity index (χ3v) is 5.22. The largest absolute Gasteiger partial charge is 0.477 e. The van der Waals surface area contributed by atoms with Crippen molar-refractivity contribution in [2.24, 2.45) is 0 Å². The molecule has 8 heteroatoms. The van der Waals surface area contributed by atoms with Crippen molar-refractivity contribution < 1.29 is 19.4 Å². The summed E-state index contributed by atoms with van der Waals surface area (Å²) in [6.07, 6.45) is 3.05. The molecular weight excluding hydrogens is 306 g/mol. The van der Waals surface area contributed by atoms with Crippen LogP contribution in [-0.4, -0.2) is 57.5 Å². The lowest BCUT2D eigenvalue weighted by molar-refractivity contribution is -0.163. The number of ether oxygens (including phenoxy) is 1. The molecule has 2 fully saturated rings. The molecule has 3 aliphatic heterocycles. The minimum Gasteiger partial charge on any atom is -0.477 e. The van der Waals surface area contributed by atoms with Crippen molar-refractivity contribution in [1.29, 1.82) is 0 Å². The van der Waals surface area contributed by atoms with Crippen LogP contribution in [0.4, 0.5) is 0 Å². The first-order chi connectivity index (χ1) is 10.7. The Morgan fingerprint density at radius 2 is 2.27 bits per heavy atom. The van der Waals surface area contributed by atoms with Crippen molar-refractivity contribution in [2.75, 3.05) is 12.5 Å². The molecule has 1 unspecified atom stereocenters. The van der Waals surface area contributed by atoms with Gasteiger partial charge in [-0.3, -0.25) is 20.0 Å². The second kappa shape index (κ2) is 5.08. The zero-order chi connectivity index (χ0) is 15.3. The van der Waals surface area contributed by atoms with Gasteiger partial charge in [0.05, 0.1) is 12.8 Å². The topological polar surface area (TPSA) is 91.8 Å². The van der Waals surface area contributed by atoms with Gasteiger partial charge >= 0.3 is 5.97 Å². The molecule has 0 bridgehead atoms. The fourth-order valence-corrected chi connectivity index (χ4v) is 4.13. The van der Waals surface area contributed by atoms with Gasteiger partial charge in [-0.15, -0.1) is 11.8 Å². The number of carboxylic acid groups (broad SMARTS) is 1. The molecule has 1 amide bonds. The first-order valence-electron chi connectivity index (χ1n) is 6.85. The second-order valence-electron chi connectivity index (χ2n) is 5.26. The summed E-state index contributed by atoms with van der Waals surface area (Å²) >= 11 is 1.52. The summed E-state index contributed by atoms with van der Waals surface area (Å²) in [4.78, 5) is 30.0. The van der Waals surface area contributed by atoms with Crippen LogP contribution in [0.25, 0.3) is 0 Å². The summed E-state index contributed by atoms with van der Waals surface area (Å²) in [7, 11) is 0. The second-order valence-corrected chi connectivity index (χ2v) is 6.31. The van der Waals surface area contributed by atoms with Gasteiger partial charge in [0.25, 0.3) is 0 Å². The molecule has 1 aromatic heterocycles. The lowest BCUT2D eigenvalue weighted by atomic mass is 9.91. The summed E-state index contributed by atoms with van der Waals surface area (Å²) < 4.78 is 5.68. The summed E-state index contributed by atoms with van der Waals surface area (Å²) in [6.45, 7) is 0.266. The van der Waals surface area contributed by atoms with Crippen LogP contribution in [0.1, 0.15) is 0 Å². The maximum absolute atomic E-state index is 12.1. The van der Waals surface area contributed by atoms with Crippen LogP contribution in [0.2, 0.25) is 0 Å². The molecule has 2 N–H and O–H groups in total. The van der Waals surface area contributed by atoms with E-state index in [9.17, 15) is 14.7 Å². The van der Waals surface area contributed by atoms with Gasteiger partial charge in [-0.1, -0.05) is 0 Å². The lowest BCUT2D eigenvalue weighted by Crippen LogP contribution is -2.73. The number of carboxylic acids is 1. The number of amides is 1. The minimum atomic E-state index is -1.07. The van der Waals surface area contributed by atoms with Gasteiger partial charge in [-0.2, -0.15) is 0 Å². The quantitative estimate of drug-likeness (QED) is 0.598. The van der Waals surface area contributed by atoms with Gasteiger partial charge in [-0.25, -0.2) is 4.79 Å². The average molecular weight is 319 g/mol. The van der Waals surface area contributed by atoms with Gasteiger partial charge in [0.1, 0.15) is 17.8 Å². The number of carbonyl (C=O) groups excluding carboxylic acids is 1. The van der Waals surface area contributed by atoms with Crippen molar-refractivity contribution in [2.45, 2.75) is 23.1 Å². The van der Waals surface area contributed by atoms with Gasteiger partial charge < -0.3 is 9.84 Å². The van der Waals surface area contributed by atoms with E-state index in [2.05, 4.69) is 10.3 Å². The maximum Gasteiger partial charge on any atom is 0.352 e. The third kappa shape index (κ3) is 1.88. The van der Waals surface area contributed by atoms with Crippen LogP contribution in [0.3, 0.4) is 0 Å². The Morgan fingerprint density at radius 3 is 3.00 bits per heavy atom. The molecule has 4 rings (SSSR count). The predicted molar refractivity (Wildman–Crippen MR) is 76.9 cm³/mol. The third-order valence-electron chi connectivity index (χ3n) is 4.15. The Kier molecular flexibility index (Phi) is 3.17. The number of aromatic nitrogens is 1. The number of nitrogens with one attached hydrogen (secondary N) is 1. The molecule has 3 atom stereocenters. The van der Waals surface area contributed by atoms with Gasteiger partial charge in [0, 0.05) is 28.6 Å². The zero-order valence-electron chi connectivity index (χ0n) is 11.4. The van der Waals surface area contributed by atoms with E-state index in [1.165, 1.54) is 16.7 Å². The Bertz CT molecular complexity index is 678. The average Bonchev–Trinajstić information content (AvgIpc) is 2.87. The number of hydrogen-bond donors (Lipinski definition) is 2. The summed E-state index contributed by atoms with van der Waals surface area (Å²) in [5.41, 5.74) is 0.762. The minimum absolute atomic E-state index is 0.0847. The van der Waals surface area contributed by atoms with E-state index >= 15 is 0 Å². The lowest BCUT2D eigenvalue weighted by Gasteiger charge is -2.48. The SMILES string of the molecule is O=C(O)C1=C(CSc2ccncc2)C2OCN[C@@H]3C(=O)N1[C@H]23. The number of carbonyl (C=O) groups is 2. The molecule has 114 valence electrons. The molecule has 2 saturated heterocycles. The molecule has 0 aliphatic carbocycles. The van der Waals surface area contributed by atoms with Crippen LogP contribution in [-0.2, 0) is 14.3 Å². The molecule has 0 aromatic carbocycles. The van der Waals surface area contributed by atoms with E-state index < -0.39 is 5.97 Å². The van der Waals surface area contributed by atoms with Crippen LogP contribution in [0, 0.1) is 0 Å². The molecule has 0 radical (unpaired) electrons. The summed E-state index contributed by atoms with van der Waals surface area (Å²) in [6, 6.07) is 3.19. The van der Waals surface area contributed by atoms with Crippen molar-refractivity contribution >= 4 is 23.6 Å². The monoisotopic (exact) mass is 319 g/mol. The van der Waals surface area contributed by atoms with Crippen LogP contribution in [0.15, 0.2) is 40.7 Å². The van der Waals surface area contributed by atoms with Gasteiger partial charge in [0.15, 0.2) is 0 Å². The first kappa shape index (κ1) is 13.7. The Labute approximate surface area is 130 Å². The first-order valence-corrected chi connectivity index (χ1v) is 7.84. The molecule has 22 heavy (non-hydrogen) atoms. The number of thioether (sulfide) groups is 1. The van der Waals surface area contributed by atoms with Crippen molar-refractivity contribution in [3.8, 4) is 0 Å². The number of pyridine rings is 1. The molecule has 0 spiro atoms. The van der Waals surface area contributed by atoms with Gasteiger partial charge in [0.2, 0.25) is 5.91 Å². The number of aliphatic carboxylic acids is 1. The highest BCUT2D eigenvalue weighted by molar-refractivity contribution is 7.99. The van der Waals surface area contributed by atoms with E-state index in [1.54, 1.807) is 12.4 Å². The molecule has 0 saturated carbocycles. The van der Waals surface area contributed by atoms with E-state index in [1.807, 2.05) is 12.1 Å². The highest BCUT2D eigenvalue weighted by Gasteiger charge is 2.61. The molecule has 3 aliphatic rings. The fraction of sp³-hybridized carbons (Fsp3) is 0.357. The number of rotatable bonds is 4.